The first-order valence-corrected chi connectivity index (χ1v) is 6.23. The number of hydrogen-bond donors (Lipinski definition) is 2. The zero-order valence-electron chi connectivity index (χ0n) is 11.2. The van der Waals surface area contributed by atoms with Crippen molar-refractivity contribution in [3.63, 3.8) is 0 Å². The third-order valence-electron chi connectivity index (χ3n) is 3.63. The fourth-order valence-corrected chi connectivity index (χ4v) is 1.93. The summed E-state index contributed by atoms with van der Waals surface area (Å²) in [5.74, 6) is -0.490. The summed E-state index contributed by atoms with van der Waals surface area (Å²) in [4.78, 5) is 23.6. The zero-order chi connectivity index (χ0) is 14.0. The van der Waals surface area contributed by atoms with Crippen molar-refractivity contribution in [3.8, 4) is 0 Å². The number of aryl methyl sites for hydroxylation is 1. The van der Waals surface area contributed by atoms with E-state index >= 15 is 0 Å². The van der Waals surface area contributed by atoms with E-state index in [1.54, 1.807) is 18.2 Å². The van der Waals surface area contributed by atoms with Crippen LogP contribution in [-0.2, 0) is 9.53 Å². The van der Waals surface area contributed by atoms with Gasteiger partial charge in [-0.1, -0.05) is 6.07 Å². The number of hydrogen-bond acceptors (Lipinski definition) is 4. The predicted octanol–water partition coefficient (Wildman–Crippen LogP) is 1.46. The lowest BCUT2D eigenvalue weighted by Crippen LogP contribution is -2.31. The Balaban J connectivity index is 2.20. The van der Waals surface area contributed by atoms with E-state index in [-0.39, 0.29) is 5.91 Å². The maximum atomic E-state index is 12.1. The summed E-state index contributed by atoms with van der Waals surface area (Å²) in [6, 6.07) is 5.09. The fourth-order valence-electron chi connectivity index (χ4n) is 1.93. The number of carbonyl (C=O) groups is 2. The second-order valence-corrected chi connectivity index (χ2v) is 4.96. The zero-order valence-corrected chi connectivity index (χ0v) is 11.2. The van der Waals surface area contributed by atoms with Gasteiger partial charge >= 0.3 is 5.97 Å². The monoisotopic (exact) mass is 262 g/mol. The molecule has 0 atom stereocenters. The van der Waals surface area contributed by atoms with Gasteiger partial charge in [0.15, 0.2) is 0 Å². The van der Waals surface area contributed by atoms with Crippen molar-refractivity contribution in [2.75, 3.05) is 19.0 Å². The van der Waals surface area contributed by atoms with Crippen LogP contribution in [0.1, 0.15) is 28.8 Å². The largest absolute Gasteiger partial charge is 0.465 e. The molecule has 1 amide bonds. The van der Waals surface area contributed by atoms with Crippen molar-refractivity contribution in [3.05, 3.63) is 29.3 Å². The van der Waals surface area contributed by atoms with E-state index in [0.717, 1.165) is 18.4 Å². The number of rotatable bonds is 4. The van der Waals surface area contributed by atoms with Crippen LogP contribution in [0.15, 0.2) is 18.2 Å². The van der Waals surface area contributed by atoms with Gasteiger partial charge in [-0.3, -0.25) is 4.79 Å². The molecule has 1 aromatic carbocycles. The van der Waals surface area contributed by atoms with Crippen molar-refractivity contribution in [1.82, 2.24) is 0 Å². The van der Waals surface area contributed by atoms with Gasteiger partial charge < -0.3 is 15.8 Å². The van der Waals surface area contributed by atoms with E-state index in [1.165, 1.54) is 7.11 Å². The molecule has 0 saturated heterocycles. The summed E-state index contributed by atoms with van der Waals surface area (Å²) in [7, 11) is 1.33. The number of anilines is 1. The average molecular weight is 262 g/mol. The molecular weight excluding hydrogens is 244 g/mol. The number of methoxy groups -OCH3 is 1. The molecule has 0 heterocycles. The van der Waals surface area contributed by atoms with Crippen LogP contribution in [0, 0.1) is 12.3 Å². The molecule has 2 rings (SSSR count). The first kappa shape index (κ1) is 13.5. The lowest BCUT2D eigenvalue weighted by Gasteiger charge is -2.15. The van der Waals surface area contributed by atoms with Crippen LogP contribution in [0.4, 0.5) is 5.69 Å². The second kappa shape index (κ2) is 5.01. The predicted molar refractivity (Wildman–Crippen MR) is 71.9 cm³/mol. The number of amides is 1. The van der Waals surface area contributed by atoms with Gasteiger partial charge in [-0.25, -0.2) is 4.79 Å². The first-order chi connectivity index (χ1) is 9.02. The molecule has 5 heteroatoms. The van der Waals surface area contributed by atoms with Crippen molar-refractivity contribution in [2.45, 2.75) is 19.8 Å². The van der Waals surface area contributed by atoms with Gasteiger partial charge in [0.25, 0.3) is 0 Å². The summed E-state index contributed by atoms with van der Waals surface area (Å²) in [6.07, 6.45) is 1.65. The van der Waals surface area contributed by atoms with E-state index in [4.69, 9.17) is 5.73 Å². The standard InChI is InChI=1S/C14H18N2O3/c1-9-3-4-10(12(17)19-2)7-11(9)16-13(18)14(8-15)5-6-14/h3-4,7H,5-6,8,15H2,1-2H3,(H,16,18). The Bertz CT molecular complexity index is 521. The second-order valence-electron chi connectivity index (χ2n) is 4.96. The Morgan fingerprint density at radius 3 is 2.63 bits per heavy atom. The molecule has 0 unspecified atom stereocenters. The van der Waals surface area contributed by atoms with Crippen molar-refractivity contribution >= 4 is 17.6 Å². The average Bonchev–Trinajstić information content (AvgIpc) is 3.21. The molecule has 1 aliphatic carbocycles. The van der Waals surface area contributed by atoms with Gasteiger partial charge in [-0.15, -0.1) is 0 Å². The topological polar surface area (TPSA) is 81.4 Å². The van der Waals surface area contributed by atoms with Gasteiger partial charge in [-0.05, 0) is 37.5 Å². The van der Waals surface area contributed by atoms with Crippen molar-refractivity contribution < 1.29 is 14.3 Å². The minimum Gasteiger partial charge on any atom is -0.465 e. The summed E-state index contributed by atoms with van der Waals surface area (Å²) < 4.78 is 4.67. The molecule has 0 radical (unpaired) electrons. The van der Waals surface area contributed by atoms with Crippen LogP contribution in [-0.4, -0.2) is 25.5 Å². The van der Waals surface area contributed by atoms with Crippen LogP contribution in [0.5, 0.6) is 0 Å². The van der Waals surface area contributed by atoms with E-state index in [9.17, 15) is 9.59 Å². The third kappa shape index (κ3) is 2.61. The molecule has 1 fully saturated rings. The number of ether oxygens (including phenoxy) is 1. The van der Waals surface area contributed by atoms with E-state index in [1.807, 2.05) is 6.92 Å². The lowest BCUT2D eigenvalue weighted by molar-refractivity contribution is -0.120. The molecular formula is C14H18N2O3. The maximum Gasteiger partial charge on any atom is 0.337 e. The molecule has 0 aromatic heterocycles. The van der Waals surface area contributed by atoms with Crippen LogP contribution in [0.25, 0.3) is 0 Å². The highest BCUT2D eigenvalue weighted by molar-refractivity contribution is 5.99. The summed E-state index contributed by atoms with van der Waals surface area (Å²) in [5, 5.41) is 2.86. The summed E-state index contributed by atoms with van der Waals surface area (Å²) in [5.41, 5.74) is 7.16. The van der Waals surface area contributed by atoms with Gasteiger partial charge in [0.05, 0.1) is 18.1 Å². The molecule has 0 aliphatic heterocycles. The van der Waals surface area contributed by atoms with Crippen molar-refractivity contribution in [1.29, 1.82) is 0 Å². The molecule has 1 saturated carbocycles. The molecule has 102 valence electrons. The Morgan fingerprint density at radius 2 is 2.11 bits per heavy atom. The lowest BCUT2D eigenvalue weighted by atomic mass is 10.1. The third-order valence-corrected chi connectivity index (χ3v) is 3.63. The Kier molecular flexibility index (Phi) is 3.57. The molecule has 1 aromatic rings. The summed E-state index contributed by atoms with van der Waals surface area (Å²) in [6.45, 7) is 2.23. The molecule has 0 spiro atoms. The Morgan fingerprint density at radius 1 is 1.42 bits per heavy atom. The fraction of sp³-hybridized carbons (Fsp3) is 0.429. The van der Waals surface area contributed by atoms with E-state index in [2.05, 4.69) is 10.1 Å². The Labute approximate surface area is 112 Å². The number of nitrogens with two attached hydrogens (primary N) is 1. The molecule has 3 N–H and O–H groups in total. The van der Waals surface area contributed by atoms with Crippen molar-refractivity contribution in [2.24, 2.45) is 11.1 Å². The number of benzene rings is 1. The van der Waals surface area contributed by atoms with Gasteiger partial charge in [-0.2, -0.15) is 0 Å². The van der Waals surface area contributed by atoms with Crippen LogP contribution in [0.2, 0.25) is 0 Å². The SMILES string of the molecule is COC(=O)c1ccc(C)c(NC(=O)C2(CN)CC2)c1. The maximum absolute atomic E-state index is 12.1. The molecule has 0 bridgehead atoms. The van der Waals surface area contributed by atoms with Crippen LogP contribution in [0.3, 0.4) is 0 Å². The van der Waals surface area contributed by atoms with Gasteiger partial charge in [0.2, 0.25) is 5.91 Å². The highest BCUT2D eigenvalue weighted by atomic mass is 16.5. The van der Waals surface area contributed by atoms with Crippen LogP contribution < -0.4 is 11.1 Å². The Hall–Kier alpha value is -1.88. The van der Waals surface area contributed by atoms with Gasteiger partial charge in [0, 0.05) is 12.2 Å². The minimum atomic E-state index is -0.421. The summed E-state index contributed by atoms with van der Waals surface area (Å²) >= 11 is 0. The number of esters is 1. The van der Waals surface area contributed by atoms with Crippen LogP contribution >= 0.6 is 0 Å². The number of nitrogens with one attached hydrogen (secondary N) is 1. The minimum absolute atomic E-state index is 0.0693. The van der Waals surface area contributed by atoms with Gasteiger partial charge in [0.1, 0.15) is 0 Å². The quantitative estimate of drug-likeness (QED) is 0.805. The molecule has 19 heavy (non-hydrogen) atoms. The smallest absolute Gasteiger partial charge is 0.337 e. The number of carbonyl (C=O) groups excluding carboxylic acids is 2. The normalized spacial score (nSPS) is 15.7. The first-order valence-electron chi connectivity index (χ1n) is 6.23. The van der Waals surface area contributed by atoms with E-state index < -0.39 is 11.4 Å². The highest BCUT2D eigenvalue weighted by Crippen LogP contribution is 2.45. The highest BCUT2D eigenvalue weighted by Gasteiger charge is 2.48. The molecule has 1 aliphatic rings. The molecule has 5 nitrogen and oxygen atoms in total. The van der Waals surface area contributed by atoms with E-state index in [0.29, 0.717) is 17.8 Å².